The summed E-state index contributed by atoms with van der Waals surface area (Å²) in [6, 6.07) is 1.20. The van der Waals surface area contributed by atoms with Crippen molar-refractivity contribution in [1.29, 1.82) is 0 Å². The molecule has 2 aromatic rings. The number of likely N-dealkylation sites (tertiary alicyclic amines) is 1. The van der Waals surface area contributed by atoms with Crippen LogP contribution < -0.4 is 5.32 Å². The third-order valence-corrected chi connectivity index (χ3v) is 9.58. The van der Waals surface area contributed by atoms with Crippen molar-refractivity contribution in [2.24, 2.45) is 10.4 Å². The van der Waals surface area contributed by atoms with Crippen molar-refractivity contribution in [3.05, 3.63) is 63.0 Å². The number of rotatable bonds is 10. The van der Waals surface area contributed by atoms with Crippen LogP contribution in [0.2, 0.25) is 0 Å². The number of hydrazine groups is 1. The summed E-state index contributed by atoms with van der Waals surface area (Å²) in [6.07, 6.45) is 1.62. The molecule has 46 heavy (non-hydrogen) atoms. The molecule has 1 aromatic carbocycles. The van der Waals surface area contributed by atoms with Crippen LogP contribution in [0.3, 0.4) is 0 Å². The molecule has 2 saturated heterocycles. The second-order valence-corrected chi connectivity index (χ2v) is 13.2. The lowest BCUT2D eigenvalue weighted by Crippen LogP contribution is -2.52. The zero-order chi connectivity index (χ0) is 33.6. The zero-order valence-corrected chi connectivity index (χ0v) is 27.0. The number of alkyl halides is 2. The van der Waals surface area contributed by atoms with Gasteiger partial charge in [-0.05, 0) is 51.3 Å². The van der Waals surface area contributed by atoms with E-state index in [2.05, 4.69) is 10.3 Å². The maximum Gasteiger partial charge on any atom is 0.338 e. The fourth-order valence-corrected chi connectivity index (χ4v) is 6.83. The summed E-state index contributed by atoms with van der Waals surface area (Å²) in [5.74, 6) is -5.72. The minimum atomic E-state index is -3.29. The molecule has 2 N–H and O–H groups in total. The molecule has 5 rings (SSSR count). The lowest BCUT2D eigenvalue weighted by Gasteiger charge is -2.35. The predicted molar refractivity (Wildman–Crippen MR) is 164 cm³/mol. The Bertz CT molecular complexity index is 1580. The molecule has 2 fully saturated rings. The molecule has 0 aliphatic carbocycles. The van der Waals surface area contributed by atoms with Gasteiger partial charge in [-0.15, -0.1) is 11.3 Å². The van der Waals surface area contributed by atoms with Crippen molar-refractivity contribution < 1.29 is 37.4 Å². The van der Waals surface area contributed by atoms with Crippen LogP contribution in [-0.2, 0) is 19.1 Å². The van der Waals surface area contributed by atoms with Crippen LogP contribution in [0.15, 0.2) is 46.0 Å². The number of amidine groups is 1. The number of carboxylic acid groups (broad SMARTS) is 1. The van der Waals surface area contributed by atoms with E-state index >= 15 is 8.78 Å². The number of thiazole rings is 1. The molecule has 3 aliphatic heterocycles. The van der Waals surface area contributed by atoms with Gasteiger partial charge in [-0.25, -0.2) is 28.0 Å². The van der Waals surface area contributed by atoms with Gasteiger partial charge in [0, 0.05) is 37.3 Å². The highest BCUT2D eigenvalue weighted by Crippen LogP contribution is 2.43. The molecule has 15 heteroatoms. The van der Waals surface area contributed by atoms with E-state index in [1.807, 2.05) is 0 Å². The molecule has 0 spiro atoms. The van der Waals surface area contributed by atoms with Crippen LogP contribution in [-0.4, -0.2) is 99.5 Å². The average molecular weight is 663 g/mol. The van der Waals surface area contributed by atoms with Crippen molar-refractivity contribution in [3.8, 4) is 0 Å². The summed E-state index contributed by atoms with van der Waals surface area (Å²) in [4.78, 5) is 48.6. The van der Waals surface area contributed by atoms with Gasteiger partial charge in [-0.1, -0.05) is 12.1 Å². The van der Waals surface area contributed by atoms with E-state index in [1.54, 1.807) is 31.5 Å². The molecule has 0 saturated carbocycles. The number of carbonyl (C=O) groups is 3. The Morgan fingerprint density at radius 3 is 2.63 bits per heavy atom. The first kappa shape index (κ1) is 33.5. The van der Waals surface area contributed by atoms with Gasteiger partial charge in [0.1, 0.15) is 17.9 Å². The number of aliphatic carboxylic acids is 1. The minimum Gasteiger partial charge on any atom is -0.481 e. The van der Waals surface area contributed by atoms with E-state index in [9.17, 15) is 23.9 Å². The maximum absolute atomic E-state index is 15.9. The van der Waals surface area contributed by atoms with Crippen molar-refractivity contribution in [2.75, 3.05) is 32.8 Å². The van der Waals surface area contributed by atoms with Crippen molar-refractivity contribution in [3.63, 3.8) is 0 Å². The lowest BCUT2D eigenvalue weighted by molar-refractivity contribution is -0.156. The second-order valence-electron chi connectivity index (χ2n) is 12.3. The summed E-state index contributed by atoms with van der Waals surface area (Å²) in [5, 5.41) is 17.5. The first-order valence-electron chi connectivity index (χ1n) is 15.0. The van der Waals surface area contributed by atoms with E-state index in [1.165, 1.54) is 59.2 Å². The minimum absolute atomic E-state index is 0.0352. The van der Waals surface area contributed by atoms with Crippen LogP contribution in [0.5, 0.6) is 0 Å². The van der Waals surface area contributed by atoms with Gasteiger partial charge in [0.15, 0.2) is 10.8 Å². The number of hydrogen-bond acceptors (Lipinski definition) is 10. The average Bonchev–Trinajstić information content (AvgIpc) is 3.71. The Kier molecular flexibility index (Phi) is 9.30. The first-order chi connectivity index (χ1) is 21.7. The van der Waals surface area contributed by atoms with Crippen LogP contribution in [0.4, 0.5) is 13.2 Å². The molecule has 1 aromatic heterocycles. The SMILES string of the molecule is CCOC(=O)C1=C(CN2CC(F)(F)[C@@H]3[C@H]2CN(C(C)=O)N3CCC(C)(C)C(=O)O)NC(c2nccs2)=N[C@H]1c1cccc(F)c1C. The van der Waals surface area contributed by atoms with Crippen LogP contribution in [0.25, 0.3) is 0 Å². The number of carboxylic acids is 1. The van der Waals surface area contributed by atoms with E-state index in [-0.39, 0.29) is 49.5 Å². The summed E-state index contributed by atoms with van der Waals surface area (Å²) < 4.78 is 52.1. The predicted octanol–water partition coefficient (Wildman–Crippen LogP) is 3.77. The van der Waals surface area contributed by atoms with Gasteiger partial charge in [0.2, 0.25) is 5.91 Å². The molecule has 0 bridgehead atoms. The number of aromatic nitrogens is 1. The maximum atomic E-state index is 15.9. The van der Waals surface area contributed by atoms with E-state index < -0.39 is 59.7 Å². The quantitative estimate of drug-likeness (QED) is 0.366. The number of esters is 1. The van der Waals surface area contributed by atoms with Gasteiger partial charge in [0.25, 0.3) is 5.92 Å². The third-order valence-electron chi connectivity index (χ3n) is 8.80. The summed E-state index contributed by atoms with van der Waals surface area (Å²) in [6.45, 7) is 6.59. The Labute approximate surface area is 268 Å². The number of fused-ring (bicyclic) bond motifs is 1. The zero-order valence-electron chi connectivity index (χ0n) is 26.2. The molecular formula is C31H37F3N6O5S. The van der Waals surface area contributed by atoms with E-state index in [0.717, 1.165) is 0 Å². The van der Waals surface area contributed by atoms with Gasteiger partial charge in [0.05, 0.1) is 36.7 Å². The summed E-state index contributed by atoms with van der Waals surface area (Å²) >= 11 is 1.28. The number of benzene rings is 1. The lowest BCUT2D eigenvalue weighted by atomic mass is 9.89. The number of halogens is 3. The van der Waals surface area contributed by atoms with E-state index in [4.69, 9.17) is 9.73 Å². The van der Waals surface area contributed by atoms with E-state index in [0.29, 0.717) is 16.4 Å². The summed E-state index contributed by atoms with van der Waals surface area (Å²) in [7, 11) is 0. The van der Waals surface area contributed by atoms with Gasteiger partial charge >= 0.3 is 11.9 Å². The number of ether oxygens (including phenoxy) is 1. The van der Waals surface area contributed by atoms with Gasteiger partial charge in [-0.3, -0.25) is 24.5 Å². The van der Waals surface area contributed by atoms with Crippen LogP contribution in [0.1, 0.15) is 56.3 Å². The molecule has 4 heterocycles. The highest BCUT2D eigenvalue weighted by Gasteiger charge is 2.62. The summed E-state index contributed by atoms with van der Waals surface area (Å²) in [5.41, 5.74) is -0.197. The number of amides is 1. The molecule has 3 aliphatic rings. The first-order valence-corrected chi connectivity index (χ1v) is 15.8. The van der Waals surface area contributed by atoms with Crippen molar-refractivity contribution in [2.45, 2.75) is 65.1 Å². The molecule has 1 amide bonds. The van der Waals surface area contributed by atoms with Crippen molar-refractivity contribution >= 4 is 35.0 Å². The monoisotopic (exact) mass is 662 g/mol. The Balaban J connectivity index is 1.56. The molecular weight excluding hydrogens is 625 g/mol. The molecule has 0 radical (unpaired) electrons. The third kappa shape index (κ3) is 6.27. The van der Waals surface area contributed by atoms with Crippen LogP contribution >= 0.6 is 11.3 Å². The second kappa shape index (κ2) is 12.8. The standard InChI is InChI=1S/C31H37F3N6O5S/c1-6-45-28(42)23-21(36-26(27-35-11-13-46-27)37-24(23)19-8-7-9-20(32)17(19)2)14-38-16-31(33,34)25-22(38)15-40(18(3)41)39(25)12-10-30(4,5)29(43)44/h7-9,11,13,22,24-25H,6,10,12,14-16H2,1-5H3,(H,36,37)(H,43,44)/t22-,24+,25+/m1/s1. The number of hydrogen-bond donors (Lipinski definition) is 2. The Morgan fingerprint density at radius 1 is 1.26 bits per heavy atom. The number of aliphatic imine (C=N–C) groups is 1. The fourth-order valence-electron chi connectivity index (χ4n) is 6.24. The highest BCUT2D eigenvalue weighted by atomic mass is 32.1. The largest absolute Gasteiger partial charge is 0.481 e. The van der Waals surface area contributed by atoms with Crippen molar-refractivity contribution in [1.82, 2.24) is 25.2 Å². The topological polar surface area (TPSA) is 128 Å². The Morgan fingerprint density at radius 2 is 2.00 bits per heavy atom. The van der Waals surface area contributed by atoms with Crippen LogP contribution in [0, 0.1) is 18.2 Å². The Hall–Kier alpha value is -3.82. The smallest absolute Gasteiger partial charge is 0.338 e. The fraction of sp³-hybridized carbons (Fsp3) is 0.516. The molecule has 0 unspecified atom stereocenters. The molecule has 248 valence electrons. The molecule has 11 nitrogen and oxygen atoms in total. The normalized spacial score (nSPS) is 23.3. The molecule has 3 atom stereocenters. The number of nitrogens with zero attached hydrogens (tertiary/aromatic N) is 5. The highest BCUT2D eigenvalue weighted by molar-refractivity contribution is 7.11. The van der Waals surface area contributed by atoms with Gasteiger partial charge < -0.3 is 15.2 Å². The number of nitrogens with one attached hydrogen (secondary N) is 1. The van der Waals surface area contributed by atoms with Gasteiger partial charge in [-0.2, -0.15) is 0 Å². The number of carbonyl (C=O) groups excluding carboxylic acids is 2.